The molecule has 3 rings (SSSR count). The minimum absolute atomic E-state index is 0. The molecule has 2 amide bonds. The van der Waals surface area contributed by atoms with Gasteiger partial charge in [-0.05, 0) is 5.57 Å². The van der Waals surface area contributed by atoms with Crippen molar-refractivity contribution < 1.29 is 19.5 Å². The van der Waals surface area contributed by atoms with E-state index in [9.17, 15) is 24.7 Å². The summed E-state index contributed by atoms with van der Waals surface area (Å²) in [6.45, 7) is 3.53. The van der Waals surface area contributed by atoms with Crippen molar-refractivity contribution >= 4 is 89.5 Å². The second-order valence-electron chi connectivity index (χ2n) is 5.24. The number of nitrogens with two attached hydrogens (primary N) is 1. The summed E-state index contributed by atoms with van der Waals surface area (Å²) in [6, 6.07) is -0.999. The Kier molecular flexibility index (Phi) is 6.92. The molecule has 0 aliphatic carbocycles. The van der Waals surface area contributed by atoms with Crippen LogP contribution in [0.3, 0.4) is 0 Å². The van der Waals surface area contributed by atoms with E-state index in [0.29, 0.717) is 11.3 Å². The quantitative estimate of drug-likeness (QED) is 0.238. The molecule has 1 fully saturated rings. The van der Waals surface area contributed by atoms with Gasteiger partial charge in [-0.2, -0.15) is 0 Å². The topological polar surface area (TPSA) is 164 Å². The number of hydrogen-bond donors (Lipinski definition) is 2. The average molecular weight is 433 g/mol. The predicted molar refractivity (Wildman–Crippen MR) is 99.4 cm³/mol. The number of amides is 2. The van der Waals surface area contributed by atoms with Crippen molar-refractivity contribution in [1.29, 1.82) is 0 Å². The maximum Gasteiger partial charge on any atom is 2.00 e. The molecule has 0 saturated carbocycles. The zero-order valence-corrected chi connectivity index (χ0v) is 17.5. The molecule has 0 aromatic carbocycles. The summed E-state index contributed by atoms with van der Waals surface area (Å²) in [7, 11) is 0. The van der Waals surface area contributed by atoms with Crippen LogP contribution in [-0.4, -0.2) is 88.3 Å². The standard InChI is InChI=1S/C14H13N5O5S2.Ca/c1-2-5-3-25-12-8(11(21)19(12)9(5)13(22)23)17-10(20)7(18-24)6-4-26-14(15)16-6;/h2,4,8,12,24H,1,3H2,(H2,15,16)(H,17,20)(H,22,23);/q;+2/p-2/b18-7+;/t8-,12-;/m1./s1. The Bertz CT molecular complexity index is 883. The molecule has 0 unspecified atom stereocenters. The number of β-lactam (4-membered cyclic amide) rings is 1. The van der Waals surface area contributed by atoms with E-state index in [1.165, 1.54) is 23.2 Å². The summed E-state index contributed by atoms with van der Waals surface area (Å²) in [5.41, 5.74) is 5.07. The molecule has 27 heavy (non-hydrogen) atoms. The van der Waals surface area contributed by atoms with Crippen LogP contribution in [0.5, 0.6) is 0 Å². The second-order valence-corrected chi connectivity index (χ2v) is 7.23. The number of anilines is 1. The zero-order valence-electron chi connectivity index (χ0n) is 13.7. The maximum absolute atomic E-state index is 12.3. The van der Waals surface area contributed by atoms with Crippen LogP contribution in [0.25, 0.3) is 0 Å². The minimum atomic E-state index is -1.50. The van der Waals surface area contributed by atoms with Gasteiger partial charge in [0.1, 0.15) is 22.8 Å². The van der Waals surface area contributed by atoms with E-state index >= 15 is 0 Å². The van der Waals surface area contributed by atoms with Gasteiger partial charge in [-0.1, -0.05) is 12.7 Å². The van der Waals surface area contributed by atoms with Crippen molar-refractivity contribution in [2.75, 3.05) is 11.5 Å². The Morgan fingerprint density at radius 2 is 2.22 bits per heavy atom. The van der Waals surface area contributed by atoms with Crippen LogP contribution in [0, 0.1) is 5.21 Å². The van der Waals surface area contributed by atoms with Gasteiger partial charge in [0.15, 0.2) is 5.13 Å². The van der Waals surface area contributed by atoms with E-state index in [1.807, 2.05) is 0 Å². The van der Waals surface area contributed by atoms with Crippen LogP contribution < -0.4 is 16.2 Å². The van der Waals surface area contributed by atoms with Crippen molar-refractivity contribution in [2.24, 2.45) is 5.16 Å². The van der Waals surface area contributed by atoms with Gasteiger partial charge in [0, 0.05) is 11.1 Å². The molecule has 0 radical (unpaired) electrons. The van der Waals surface area contributed by atoms with Crippen LogP contribution in [0.15, 0.2) is 34.5 Å². The number of fused-ring (bicyclic) bond motifs is 1. The van der Waals surface area contributed by atoms with Crippen LogP contribution in [0.2, 0.25) is 0 Å². The van der Waals surface area contributed by atoms with E-state index in [-0.39, 0.29) is 54.3 Å². The van der Waals surface area contributed by atoms with Gasteiger partial charge in [0.2, 0.25) is 0 Å². The molecule has 10 nitrogen and oxygen atoms in total. The predicted octanol–water partition coefficient (Wildman–Crippen LogP) is -1.78. The summed E-state index contributed by atoms with van der Waals surface area (Å²) in [5.74, 6) is -2.73. The number of nitrogens with zero attached hydrogens (tertiary/aromatic N) is 3. The number of aromatic nitrogens is 1. The number of hydrogen-bond acceptors (Lipinski definition) is 10. The smallest absolute Gasteiger partial charge is 0.791 e. The monoisotopic (exact) mass is 433 g/mol. The number of allylic oxidation sites excluding steroid dienone is 1. The maximum atomic E-state index is 12.3. The number of carbonyl (C=O) groups is 3. The third-order valence-electron chi connectivity index (χ3n) is 3.80. The summed E-state index contributed by atoms with van der Waals surface area (Å²) in [5, 5.41) is 28.3. The summed E-state index contributed by atoms with van der Waals surface area (Å²) >= 11 is 2.29. The number of thioether (sulfide) groups is 1. The summed E-state index contributed by atoms with van der Waals surface area (Å²) in [6.07, 6.45) is 1.35. The molecule has 2 atom stereocenters. The molecule has 136 valence electrons. The van der Waals surface area contributed by atoms with E-state index in [2.05, 4.69) is 22.0 Å². The van der Waals surface area contributed by atoms with Crippen molar-refractivity contribution in [3.8, 4) is 0 Å². The summed E-state index contributed by atoms with van der Waals surface area (Å²) in [4.78, 5) is 40.8. The second kappa shape index (κ2) is 8.61. The number of nitrogens with one attached hydrogen (secondary N) is 1. The van der Waals surface area contributed by atoms with Crippen LogP contribution >= 0.6 is 23.1 Å². The van der Waals surface area contributed by atoms with Gasteiger partial charge in [-0.25, -0.2) is 4.98 Å². The van der Waals surface area contributed by atoms with Crippen LogP contribution in [0.1, 0.15) is 5.69 Å². The van der Waals surface area contributed by atoms with Gasteiger partial charge >= 0.3 is 37.7 Å². The molecule has 1 aromatic rings. The Hall–Kier alpha value is -1.60. The van der Waals surface area contributed by atoms with Crippen molar-refractivity contribution in [3.05, 3.63) is 40.2 Å². The molecule has 0 bridgehead atoms. The van der Waals surface area contributed by atoms with Crippen molar-refractivity contribution in [1.82, 2.24) is 15.2 Å². The molecular weight excluding hydrogens is 422 g/mol. The number of thiazole rings is 1. The first-order valence-corrected chi connectivity index (χ1v) is 9.06. The molecule has 0 spiro atoms. The van der Waals surface area contributed by atoms with Gasteiger partial charge in [0.05, 0.1) is 11.7 Å². The zero-order chi connectivity index (χ0) is 19.0. The fraction of sp³-hybridized carbons (Fsp3) is 0.214. The fourth-order valence-electron chi connectivity index (χ4n) is 2.60. The molecule has 3 N–H and O–H groups in total. The Morgan fingerprint density at radius 3 is 2.74 bits per heavy atom. The van der Waals surface area contributed by atoms with E-state index in [4.69, 9.17) is 5.73 Å². The first-order chi connectivity index (χ1) is 12.4. The molecule has 2 aliphatic rings. The van der Waals surface area contributed by atoms with Crippen LogP contribution in [-0.2, 0) is 14.4 Å². The van der Waals surface area contributed by atoms with Gasteiger partial charge < -0.3 is 31.3 Å². The largest absolute Gasteiger partial charge is 2.00 e. The molecule has 13 heteroatoms. The number of carboxylic acids is 1. The first kappa shape index (κ1) is 21.7. The van der Waals surface area contributed by atoms with Crippen LogP contribution in [0.4, 0.5) is 5.13 Å². The molecule has 1 saturated heterocycles. The molecule has 3 heterocycles. The number of carbonyl (C=O) groups excluding carboxylic acids is 3. The Morgan fingerprint density at radius 1 is 1.52 bits per heavy atom. The molecule has 2 aliphatic heterocycles. The number of aliphatic carboxylic acids is 1. The number of rotatable bonds is 5. The van der Waals surface area contributed by atoms with E-state index in [0.717, 1.165) is 16.2 Å². The van der Waals surface area contributed by atoms with Gasteiger partial charge in [-0.15, -0.1) is 23.1 Å². The molecular formula is C14H11CaN5O5S2. The third-order valence-corrected chi connectivity index (χ3v) is 5.77. The minimum Gasteiger partial charge on any atom is -0.791 e. The SMILES string of the molecule is C=CC1=C(C(=O)[O-])N2C(=O)[C@@H](NC(=O)/C(=N/[O-])c3csc(N)n3)[C@H]2SC1.[Ca+2]. The van der Waals surface area contributed by atoms with Crippen molar-refractivity contribution in [2.45, 2.75) is 11.4 Å². The Labute approximate surface area is 191 Å². The first-order valence-electron chi connectivity index (χ1n) is 7.13. The fourth-order valence-corrected chi connectivity index (χ4v) is 4.49. The average Bonchev–Trinajstić information content (AvgIpc) is 3.04. The Balaban J connectivity index is 0.00000261. The van der Waals surface area contributed by atoms with E-state index in [1.54, 1.807) is 0 Å². The normalized spacial score (nSPS) is 21.7. The van der Waals surface area contributed by atoms with Gasteiger partial charge in [0.25, 0.3) is 11.8 Å². The van der Waals surface area contributed by atoms with Gasteiger partial charge in [-0.3, -0.25) is 14.5 Å². The summed E-state index contributed by atoms with van der Waals surface area (Å²) < 4.78 is 0. The number of carboxylic acid groups (broad SMARTS) is 1. The number of nitrogen functional groups attached to an aromatic ring is 1. The molecule has 1 aromatic heterocycles. The third kappa shape index (κ3) is 3.85. The van der Waals surface area contributed by atoms with E-state index < -0.39 is 34.9 Å². The van der Waals surface area contributed by atoms with Crippen molar-refractivity contribution in [3.63, 3.8) is 0 Å².